The smallest absolute Gasteiger partial charge is 0.0834 e. The molecule has 112 valence electrons. The molecule has 0 saturated heterocycles. The molecule has 0 radical (unpaired) electrons. The van der Waals surface area contributed by atoms with Gasteiger partial charge in [0.05, 0.1) is 5.60 Å². The van der Waals surface area contributed by atoms with Gasteiger partial charge in [0, 0.05) is 12.6 Å². The molecule has 0 aromatic heterocycles. The second kappa shape index (κ2) is 9.55. The monoisotopic (exact) mass is 267 g/mol. The van der Waals surface area contributed by atoms with Gasteiger partial charge >= 0.3 is 0 Å². The van der Waals surface area contributed by atoms with Crippen LogP contribution in [0, 0.1) is 0 Å². The van der Waals surface area contributed by atoms with E-state index >= 15 is 0 Å². The van der Waals surface area contributed by atoms with Gasteiger partial charge in [-0.15, -0.1) is 6.58 Å². The first-order valence-corrected chi connectivity index (χ1v) is 8.27. The van der Waals surface area contributed by atoms with E-state index in [1.807, 2.05) is 6.08 Å². The van der Waals surface area contributed by atoms with Crippen molar-refractivity contribution >= 4 is 0 Å². The van der Waals surface area contributed by atoms with Crippen molar-refractivity contribution in [2.45, 2.75) is 83.3 Å². The summed E-state index contributed by atoms with van der Waals surface area (Å²) in [5, 5.41) is 3.76. The van der Waals surface area contributed by atoms with Crippen LogP contribution in [0.15, 0.2) is 12.7 Å². The van der Waals surface area contributed by atoms with Gasteiger partial charge in [-0.05, 0) is 52.0 Å². The van der Waals surface area contributed by atoms with Crippen LogP contribution in [-0.2, 0) is 4.74 Å². The first-order chi connectivity index (χ1) is 9.29. The van der Waals surface area contributed by atoms with E-state index in [0.717, 1.165) is 19.6 Å². The van der Waals surface area contributed by atoms with Crippen LogP contribution >= 0.6 is 0 Å². The molecular formula is C17H33NO. The van der Waals surface area contributed by atoms with Crippen LogP contribution in [0.5, 0.6) is 0 Å². The number of allylic oxidation sites excluding steroid dienone is 1. The molecule has 0 spiro atoms. The van der Waals surface area contributed by atoms with Crippen molar-refractivity contribution in [3.63, 3.8) is 0 Å². The van der Waals surface area contributed by atoms with Crippen LogP contribution < -0.4 is 5.32 Å². The predicted octanol–water partition coefficient (Wildman–Crippen LogP) is 4.45. The number of hydrogen-bond donors (Lipinski definition) is 1. The normalized spacial score (nSPS) is 20.1. The molecular weight excluding hydrogens is 234 g/mol. The van der Waals surface area contributed by atoms with Crippen molar-refractivity contribution in [2.24, 2.45) is 0 Å². The highest BCUT2D eigenvalue weighted by Crippen LogP contribution is 2.36. The Kier molecular flexibility index (Phi) is 8.40. The van der Waals surface area contributed by atoms with Gasteiger partial charge in [0.2, 0.25) is 0 Å². The minimum atomic E-state index is 0.101. The Morgan fingerprint density at radius 2 is 2.00 bits per heavy atom. The Labute approximate surface area is 120 Å². The molecule has 0 aromatic rings. The van der Waals surface area contributed by atoms with E-state index in [1.54, 1.807) is 0 Å². The maximum Gasteiger partial charge on any atom is 0.0834 e. The zero-order chi connectivity index (χ0) is 14.0. The van der Waals surface area contributed by atoms with Crippen molar-refractivity contribution in [2.75, 3.05) is 13.2 Å². The molecule has 2 heteroatoms. The van der Waals surface area contributed by atoms with E-state index in [4.69, 9.17) is 4.74 Å². The molecule has 1 atom stereocenters. The van der Waals surface area contributed by atoms with Gasteiger partial charge in [-0.25, -0.2) is 0 Å². The average Bonchev–Trinajstić information content (AvgIpc) is 2.44. The third-order valence-corrected chi connectivity index (χ3v) is 4.31. The summed E-state index contributed by atoms with van der Waals surface area (Å²) in [6.45, 7) is 10.2. The highest BCUT2D eigenvalue weighted by atomic mass is 16.5. The van der Waals surface area contributed by atoms with E-state index < -0.39 is 0 Å². The number of unbranched alkanes of at least 4 members (excludes halogenated alkanes) is 1. The molecule has 1 N–H and O–H groups in total. The molecule has 1 saturated carbocycles. The first kappa shape index (κ1) is 16.7. The maximum absolute atomic E-state index is 6.27. The number of rotatable bonds is 10. The zero-order valence-electron chi connectivity index (χ0n) is 13.0. The molecule has 0 aromatic carbocycles. The fourth-order valence-corrected chi connectivity index (χ4v) is 3.37. The summed E-state index contributed by atoms with van der Waals surface area (Å²) in [4.78, 5) is 0. The van der Waals surface area contributed by atoms with Gasteiger partial charge in [0.15, 0.2) is 0 Å². The third-order valence-electron chi connectivity index (χ3n) is 4.31. The van der Waals surface area contributed by atoms with E-state index in [1.165, 1.54) is 51.4 Å². The van der Waals surface area contributed by atoms with Crippen molar-refractivity contribution in [1.82, 2.24) is 5.32 Å². The number of ether oxygens (including phenoxy) is 1. The standard InChI is InChI=1S/C17H33NO/c1-4-7-9-12-16(18-15-5-2)17(19-6-3)13-10-8-11-14-17/h4,16,18H,1,5-15H2,2-3H3. The Balaban J connectivity index is 2.66. The van der Waals surface area contributed by atoms with Gasteiger partial charge in [-0.3, -0.25) is 0 Å². The maximum atomic E-state index is 6.27. The van der Waals surface area contributed by atoms with E-state index in [2.05, 4.69) is 25.7 Å². The Hall–Kier alpha value is -0.340. The Bertz CT molecular complexity index is 228. The lowest BCUT2D eigenvalue weighted by atomic mass is 9.77. The molecule has 19 heavy (non-hydrogen) atoms. The molecule has 0 heterocycles. The minimum Gasteiger partial charge on any atom is -0.374 e. The molecule has 1 fully saturated rings. The van der Waals surface area contributed by atoms with Crippen molar-refractivity contribution in [3.8, 4) is 0 Å². The van der Waals surface area contributed by atoms with Crippen LogP contribution in [0.1, 0.15) is 71.6 Å². The summed E-state index contributed by atoms with van der Waals surface area (Å²) in [5.41, 5.74) is 0.101. The van der Waals surface area contributed by atoms with Crippen molar-refractivity contribution in [3.05, 3.63) is 12.7 Å². The molecule has 1 unspecified atom stereocenters. The van der Waals surface area contributed by atoms with Crippen molar-refractivity contribution < 1.29 is 4.74 Å². The summed E-state index contributed by atoms with van der Waals surface area (Å²) in [5.74, 6) is 0. The van der Waals surface area contributed by atoms with Crippen LogP contribution in [0.4, 0.5) is 0 Å². The van der Waals surface area contributed by atoms with Gasteiger partial charge in [-0.1, -0.05) is 32.3 Å². The molecule has 1 rings (SSSR count). The van der Waals surface area contributed by atoms with E-state index in [0.29, 0.717) is 6.04 Å². The first-order valence-electron chi connectivity index (χ1n) is 8.27. The zero-order valence-corrected chi connectivity index (χ0v) is 13.0. The highest BCUT2D eigenvalue weighted by Gasteiger charge is 2.39. The molecule has 0 aliphatic heterocycles. The molecule has 1 aliphatic carbocycles. The Morgan fingerprint density at radius 1 is 1.26 bits per heavy atom. The highest BCUT2D eigenvalue weighted by molar-refractivity contribution is 4.95. The average molecular weight is 267 g/mol. The SMILES string of the molecule is C=CCCCC(NCCC)C1(OCC)CCCCC1. The van der Waals surface area contributed by atoms with Crippen LogP contribution in [-0.4, -0.2) is 24.8 Å². The van der Waals surface area contributed by atoms with Gasteiger partial charge < -0.3 is 10.1 Å². The van der Waals surface area contributed by atoms with Crippen LogP contribution in [0.25, 0.3) is 0 Å². The second-order valence-electron chi connectivity index (χ2n) is 5.78. The topological polar surface area (TPSA) is 21.3 Å². The molecule has 0 amide bonds. The molecule has 0 bridgehead atoms. The summed E-state index contributed by atoms with van der Waals surface area (Å²) in [6, 6.07) is 0.521. The largest absolute Gasteiger partial charge is 0.374 e. The van der Waals surface area contributed by atoms with Gasteiger partial charge in [0.25, 0.3) is 0 Å². The number of nitrogens with one attached hydrogen (secondary N) is 1. The Morgan fingerprint density at radius 3 is 2.58 bits per heavy atom. The summed E-state index contributed by atoms with van der Waals surface area (Å²) in [6.07, 6.45) is 13.3. The fraction of sp³-hybridized carbons (Fsp3) is 0.882. The lowest BCUT2D eigenvalue weighted by Crippen LogP contribution is -2.54. The fourth-order valence-electron chi connectivity index (χ4n) is 3.37. The quantitative estimate of drug-likeness (QED) is 0.466. The van der Waals surface area contributed by atoms with E-state index in [-0.39, 0.29) is 5.60 Å². The van der Waals surface area contributed by atoms with Crippen molar-refractivity contribution in [1.29, 1.82) is 0 Å². The second-order valence-corrected chi connectivity index (χ2v) is 5.78. The van der Waals surface area contributed by atoms with Gasteiger partial charge in [-0.2, -0.15) is 0 Å². The third kappa shape index (κ3) is 5.27. The summed E-state index contributed by atoms with van der Waals surface area (Å²) >= 11 is 0. The lowest BCUT2D eigenvalue weighted by Gasteiger charge is -2.44. The van der Waals surface area contributed by atoms with Crippen LogP contribution in [0.2, 0.25) is 0 Å². The summed E-state index contributed by atoms with van der Waals surface area (Å²) < 4.78 is 6.27. The van der Waals surface area contributed by atoms with Crippen LogP contribution in [0.3, 0.4) is 0 Å². The lowest BCUT2D eigenvalue weighted by molar-refractivity contribution is -0.0917. The predicted molar refractivity (Wildman–Crippen MR) is 83.6 cm³/mol. The number of hydrogen-bond acceptors (Lipinski definition) is 2. The molecule has 1 aliphatic rings. The van der Waals surface area contributed by atoms with E-state index in [9.17, 15) is 0 Å². The minimum absolute atomic E-state index is 0.101. The van der Waals surface area contributed by atoms with Gasteiger partial charge in [0.1, 0.15) is 0 Å². The summed E-state index contributed by atoms with van der Waals surface area (Å²) in [7, 11) is 0. The molecule has 2 nitrogen and oxygen atoms in total.